The Hall–Kier alpha value is -1.77. The number of hydrogen-bond donors (Lipinski definition) is 0. The zero-order chi connectivity index (χ0) is 19.4. The van der Waals surface area contributed by atoms with Gasteiger partial charge in [0.2, 0.25) is 15.0 Å². The van der Waals surface area contributed by atoms with Gasteiger partial charge in [0.15, 0.2) is 0 Å². The molecule has 3 rings (SSSR count). The minimum atomic E-state index is -3.52. The molecule has 1 atom stereocenters. The van der Waals surface area contributed by atoms with Crippen LogP contribution in [0.1, 0.15) is 30.5 Å². The Morgan fingerprint density at radius 1 is 1.33 bits per heavy atom. The van der Waals surface area contributed by atoms with Crippen molar-refractivity contribution in [1.29, 1.82) is 0 Å². The van der Waals surface area contributed by atoms with Gasteiger partial charge < -0.3 is 9.30 Å². The van der Waals surface area contributed by atoms with Crippen molar-refractivity contribution >= 4 is 9.84 Å². The lowest BCUT2D eigenvalue weighted by molar-refractivity contribution is -0.00289. The number of halogens is 1. The summed E-state index contributed by atoms with van der Waals surface area (Å²) in [6.45, 7) is 2.19. The summed E-state index contributed by atoms with van der Waals surface area (Å²) in [7, 11) is -1.55. The Morgan fingerprint density at radius 3 is 2.78 bits per heavy atom. The Bertz CT molecular complexity index is 876. The van der Waals surface area contributed by atoms with E-state index in [4.69, 9.17) is 4.74 Å². The predicted octanol–water partition coefficient (Wildman–Crippen LogP) is 2.47. The maximum absolute atomic E-state index is 14.1. The van der Waals surface area contributed by atoms with Gasteiger partial charge in [0.05, 0.1) is 24.5 Å². The van der Waals surface area contributed by atoms with E-state index in [1.807, 2.05) is 7.05 Å². The SMILES string of the molecule is CN(Cc1cnc(S(C)(=O)=O)n1Cc1ccccc1F)C[C@@H]1CCCCO1. The summed E-state index contributed by atoms with van der Waals surface area (Å²) < 4.78 is 45.7. The highest BCUT2D eigenvalue weighted by atomic mass is 32.2. The fraction of sp³-hybridized carbons (Fsp3) is 0.526. The van der Waals surface area contributed by atoms with E-state index in [1.165, 1.54) is 12.5 Å². The van der Waals surface area contributed by atoms with Crippen molar-refractivity contribution in [2.75, 3.05) is 26.5 Å². The normalized spacial score (nSPS) is 18.1. The lowest BCUT2D eigenvalue weighted by atomic mass is 10.1. The molecule has 8 heteroatoms. The molecule has 0 N–H and O–H groups in total. The van der Waals surface area contributed by atoms with Crippen molar-refractivity contribution < 1.29 is 17.5 Å². The number of ether oxygens (including phenoxy) is 1. The molecule has 1 aliphatic rings. The number of sulfone groups is 1. The molecule has 1 aromatic heterocycles. The van der Waals surface area contributed by atoms with Crippen LogP contribution in [-0.2, 0) is 27.7 Å². The summed E-state index contributed by atoms with van der Waals surface area (Å²) in [4.78, 5) is 6.20. The third kappa shape index (κ3) is 5.15. The summed E-state index contributed by atoms with van der Waals surface area (Å²) in [5, 5.41) is -0.0388. The van der Waals surface area contributed by atoms with Crippen LogP contribution >= 0.6 is 0 Å². The van der Waals surface area contributed by atoms with Gasteiger partial charge in [-0.3, -0.25) is 4.90 Å². The zero-order valence-corrected chi connectivity index (χ0v) is 16.6. The molecule has 1 aliphatic heterocycles. The number of likely N-dealkylation sites (N-methyl/N-ethyl adjacent to an activating group) is 1. The van der Waals surface area contributed by atoms with E-state index in [2.05, 4.69) is 9.88 Å². The summed E-state index contributed by atoms with van der Waals surface area (Å²) in [5.74, 6) is -0.361. The molecule has 2 aromatic rings. The van der Waals surface area contributed by atoms with Crippen LogP contribution in [0.15, 0.2) is 35.6 Å². The van der Waals surface area contributed by atoms with Gasteiger partial charge >= 0.3 is 0 Å². The molecule has 0 bridgehead atoms. The van der Waals surface area contributed by atoms with Crippen molar-refractivity contribution in [3.8, 4) is 0 Å². The quantitative estimate of drug-likeness (QED) is 0.721. The van der Waals surface area contributed by atoms with Gasteiger partial charge in [0, 0.05) is 31.5 Å². The highest BCUT2D eigenvalue weighted by molar-refractivity contribution is 7.90. The van der Waals surface area contributed by atoms with Crippen molar-refractivity contribution in [3.05, 3.63) is 47.5 Å². The second-order valence-electron chi connectivity index (χ2n) is 7.17. The van der Waals surface area contributed by atoms with Crippen LogP contribution in [0.4, 0.5) is 4.39 Å². The first kappa shape index (κ1) is 20.0. The fourth-order valence-electron chi connectivity index (χ4n) is 3.42. The van der Waals surface area contributed by atoms with Crippen LogP contribution in [0, 0.1) is 5.82 Å². The molecule has 0 unspecified atom stereocenters. The van der Waals surface area contributed by atoms with E-state index in [0.717, 1.165) is 37.9 Å². The minimum Gasteiger partial charge on any atom is -0.377 e. The monoisotopic (exact) mass is 395 g/mol. The van der Waals surface area contributed by atoms with Crippen LogP contribution in [0.5, 0.6) is 0 Å². The van der Waals surface area contributed by atoms with E-state index in [-0.39, 0.29) is 23.6 Å². The summed E-state index contributed by atoms with van der Waals surface area (Å²) in [6, 6.07) is 6.38. The molecule has 1 aromatic carbocycles. The number of imidazole rings is 1. The average Bonchev–Trinajstić information content (AvgIpc) is 3.00. The molecule has 2 heterocycles. The van der Waals surface area contributed by atoms with E-state index in [9.17, 15) is 12.8 Å². The van der Waals surface area contributed by atoms with Gasteiger partial charge in [-0.15, -0.1) is 0 Å². The second-order valence-corrected chi connectivity index (χ2v) is 9.08. The van der Waals surface area contributed by atoms with Crippen molar-refractivity contribution in [2.24, 2.45) is 0 Å². The first-order chi connectivity index (χ1) is 12.8. The number of nitrogens with zero attached hydrogens (tertiary/aromatic N) is 3. The smallest absolute Gasteiger partial charge is 0.227 e. The lowest BCUT2D eigenvalue weighted by Gasteiger charge is -2.27. The van der Waals surface area contributed by atoms with Crippen LogP contribution < -0.4 is 0 Å². The van der Waals surface area contributed by atoms with Crippen LogP contribution in [-0.4, -0.2) is 55.4 Å². The minimum absolute atomic E-state index is 0.0388. The van der Waals surface area contributed by atoms with Crippen molar-refractivity contribution in [1.82, 2.24) is 14.5 Å². The lowest BCUT2D eigenvalue weighted by Crippen LogP contribution is -2.33. The van der Waals surface area contributed by atoms with E-state index in [1.54, 1.807) is 29.0 Å². The molecule has 0 radical (unpaired) electrons. The third-order valence-electron chi connectivity index (χ3n) is 4.74. The maximum atomic E-state index is 14.1. The van der Waals surface area contributed by atoms with Gasteiger partial charge in [0.1, 0.15) is 5.82 Å². The number of aromatic nitrogens is 2. The third-order valence-corrected chi connectivity index (χ3v) is 5.73. The molecule has 0 spiro atoms. The maximum Gasteiger partial charge on any atom is 0.227 e. The van der Waals surface area contributed by atoms with Crippen molar-refractivity contribution in [3.63, 3.8) is 0 Å². The fourth-order valence-corrected chi connectivity index (χ4v) is 4.25. The van der Waals surface area contributed by atoms with Gasteiger partial charge in [-0.2, -0.15) is 0 Å². The highest BCUT2D eigenvalue weighted by Crippen LogP contribution is 2.19. The van der Waals surface area contributed by atoms with Gasteiger partial charge in [-0.25, -0.2) is 17.8 Å². The van der Waals surface area contributed by atoms with E-state index >= 15 is 0 Å². The molecule has 0 amide bonds. The van der Waals surface area contributed by atoms with E-state index in [0.29, 0.717) is 12.1 Å². The van der Waals surface area contributed by atoms with E-state index < -0.39 is 9.84 Å². The number of benzene rings is 1. The topological polar surface area (TPSA) is 64.4 Å². The van der Waals surface area contributed by atoms with Crippen LogP contribution in [0.2, 0.25) is 0 Å². The standard InChI is InChI=1S/C19H26FN3O3S/c1-22(14-17-8-5-6-10-26-17)13-16-11-21-19(27(2,24)25)23(16)12-15-7-3-4-9-18(15)20/h3-4,7,9,11,17H,5-6,8,10,12-14H2,1-2H3/t17-/m0/s1. The van der Waals surface area contributed by atoms with Crippen molar-refractivity contribution in [2.45, 2.75) is 43.6 Å². The molecule has 148 valence electrons. The highest BCUT2D eigenvalue weighted by Gasteiger charge is 2.22. The molecular weight excluding hydrogens is 369 g/mol. The molecule has 27 heavy (non-hydrogen) atoms. The van der Waals surface area contributed by atoms with Gasteiger partial charge in [-0.1, -0.05) is 18.2 Å². The molecule has 1 saturated heterocycles. The Kier molecular flexibility index (Phi) is 6.29. The molecule has 0 saturated carbocycles. The second kappa shape index (κ2) is 8.50. The summed E-state index contributed by atoms with van der Waals surface area (Å²) >= 11 is 0. The number of hydrogen-bond acceptors (Lipinski definition) is 5. The predicted molar refractivity (Wildman–Crippen MR) is 101 cm³/mol. The average molecular weight is 396 g/mol. The molecular formula is C19H26FN3O3S. The summed E-state index contributed by atoms with van der Waals surface area (Å²) in [6.07, 6.45) is 6.19. The van der Waals surface area contributed by atoms with Crippen LogP contribution in [0.3, 0.4) is 0 Å². The first-order valence-electron chi connectivity index (χ1n) is 9.12. The molecule has 6 nitrogen and oxygen atoms in total. The van der Waals surface area contributed by atoms with Gasteiger partial charge in [0.25, 0.3) is 0 Å². The molecule has 0 aliphatic carbocycles. The Labute approximate surface area is 159 Å². The van der Waals surface area contributed by atoms with Gasteiger partial charge in [-0.05, 0) is 32.4 Å². The largest absolute Gasteiger partial charge is 0.377 e. The number of rotatable bonds is 7. The Balaban J connectivity index is 1.82. The zero-order valence-electron chi connectivity index (χ0n) is 15.8. The van der Waals surface area contributed by atoms with Crippen LogP contribution in [0.25, 0.3) is 0 Å². The Morgan fingerprint density at radius 2 is 2.11 bits per heavy atom. The molecule has 1 fully saturated rings. The summed E-state index contributed by atoms with van der Waals surface area (Å²) in [5.41, 5.74) is 1.16. The first-order valence-corrected chi connectivity index (χ1v) is 11.0.